The fourth-order valence-electron chi connectivity index (χ4n) is 3.32. The summed E-state index contributed by atoms with van der Waals surface area (Å²) >= 11 is 6.21. The van der Waals surface area contributed by atoms with Crippen LogP contribution in [0, 0.1) is 0 Å². The Hall–Kier alpha value is -1.56. The lowest BCUT2D eigenvalue weighted by atomic mass is 10.1. The molecule has 1 aliphatic heterocycles. The average molecular weight is 364 g/mol. The monoisotopic (exact) mass is 363 g/mol. The molecule has 2 atom stereocenters. The molecule has 25 heavy (non-hydrogen) atoms. The summed E-state index contributed by atoms with van der Waals surface area (Å²) in [7, 11) is 0. The summed E-state index contributed by atoms with van der Waals surface area (Å²) in [5.74, 6) is 0.918. The first kappa shape index (κ1) is 18.2. The summed E-state index contributed by atoms with van der Waals surface area (Å²) in [6, 6.07) is 5.88. The molecular formula is C19H26ClN3O2. The van der Waals surface area contributed by atoms with Crippen LogP contribution in [0.2, 0.25) is 5.02 Å². The number of hydrogen-bond acceptors (Lipinski definition) is 4. The summed E-state index contributed by atoms with van der Waals surface area (Å²) in [5.41, 5.74) is 1.14. The smallest absolute Gasteiger partial charge is 0.123 e. The molecule has 2 heterocycles. The molecule has 1 fully saturated rings. The predicted octanol–water partition coefficient (Wildman–Crippen LogP) is 3.61. The van der Waals surface area contributed by atoms with Gasteiger partial charge in [-0.15, -0.1) is 0 Å². The summed E-state index contributed by atoms with van der Waals surface area (Å²) < 4.78 is 13.9. The van der Waals surface area contributed by atoms with Gasteiger partial charge < -0.3 is 14.0 Å². The Labute approximate surface area is 154 Å². The van der Waals surface area contributed by atoms with Crippen LogP contribution < -0.4 is 4.74 Å². The van der Waals surface area contributed by atoms with Gasteiger partial charge >= 0.3 is 0 Å². The third-order valence-electron chi connectivity index (χ3n) is 4.29. The van der Waals surface area contributed by atoms with Crippen LogP contribution in [0.4, 0.5) is 0 Å². The molecule has 2 aromatic rings. The number of morpholine rings is 1. The number of ether oxygens (including phenoxy) is 2. The molecule has 1 aromatic heterocycles. The third kappa shape index (κ3) is 5.46. The van der Waals surface area contributed by atoms with E-state index in [1.54, 1.807) is 6.20 Å². The Kier molecular flexibility index (Phi) is 6.34. The largest absolute Gasteiger partial charge is 0.493 e. The number of rotatable bonds is 7. The Morgan fingerprint density at radius 2 is 2.08 bits per heavy atom. The lowest BCUT2D eigenvalue weighted by Gasteiger charge is -2.35. The molecule has 0 aliphatic carbocycles. The lowest BCUT2D eigenvalue weighted by molar-refractivity contribution is -0.0706. The van der Waals surface area contributed by atoms with Crippen molar-refractivity contribution in [3.05, 3.63) is 47.5 Å². The van der Waals surface area contributed by atoms with Gasteiger partial charge in [0.05, 0.1) is 25.1 Å². The van der Waals surface area contributed by atoms with Crippen molar-refractivity contribution < 1.29 is 9.47 Å². The van der Waals surface area contributed by atoms with Gasteiger partial charge in [-0.3, -0.25) is 4.90 Å². The van der Waals surface area contributed by atoms with Gasteiger partial charge in [0.15, 0.2) is 0 Å². The van der Waals surface area contributed by atoms with Crippen LogP contribution in [0.25, 0.3) is 0 Å². The SMILES string of the molecule is CC1CN(Cc2cc(Cl)ccc2OCCCn2ccnc2)CC(C)O1. The second kappa shape index (κ2) is 8.70. The van der Waals surface area contributed by atoms with Gasteiger partial charge in [0, 0.05) is 49.2 Å². The summed E-state index contributed by atoms with van der Waals surface area (Å²) in [6.45, 7) is 8.50. The van der Waals surface area contributed by atoms with E-state index in [0.29, 0.717) is 6.61 Å². The Bertz CT molecular complexity index is 653. The molecule has 0 amide bonds. The molecule has 136 valence electrons. The number of aryl methyl sites for hydroxylation is 1. The quantitative estimate of drug-likeness (QED) is 0.704. The molecule has 1 aromatic carbocycles. The minimum absolute atomic E-state index is 0.252. The highest BCUT2D eigenvalue weighted by Crippen LogP contribution is 2.26. The molecule has 6 heteroatoms. The standard InChI is InChI=1S/C19H26ClN3O2/c1-15-11-23(12-16(2)25-15)13-17-10-18(20)4-5-19(17)24-9-3-7-22-8-6-21-14-22/h4-6,8,10,14-16H,3,7,9,11-13H2,1-2H3. The van der Waals surface area contributed by atoms with Crippen LogP contribution in [0.15, 0.2) is 36.9 Å². The minimum atomic E-state index is 0.252. The maximum absolute atomic E-state index is 6.21. The minimum Gasteiger partial charge on any atom is -0.493 e. The molecule has 0 N–H and O–H groups in total. The number of halogens is 1. The molecule has 5 nitrogen and oxygen atoms in total. The third-order valence-corrected chi connectivity index (χ3v) is 4.52. The Morgan fingerprint density at radius 3 is 2.80 bits per heavy atom. The van der Waals surface area contributed by atoms with E-state index < -0.39 is 0 Å². The lowest BCUT2D eigenvalue weighted by Crippen LogP contribution is -2.44. The Balaban J connectivity index is 1.57. The molecule has 2 unspecified atom stereocenters. The van der Waals surface area contributed by atoms with Crippen LogP contribution in [0.5, 0.6) is 5.75 Å². The first-order chi connectivity index (χ1) is 12.1. The first-order valence-electron chi connectivity index (χ1n) is 8.85. The highest BCUT2D eigenvalue weighted by Gasteiger charge is 2.23. The number of hydrogen-bond donors (Lipinski definition) is 0. The van der Waals surface area contributed by atoms with E-state index >= 15 is 0 Å². The second-order valence-corrected chi connectivity index (χ2v) is 7.14. The Morgan fingerprint density at radius 1 is 1.28 bits per heavy atom. The first-order valence-corrected chi connectivity index (χ1v) is 9.22. The van der Waals surface area contributed by atoms with Crippen molar-refractivity contribution in [3.8, 4) is 5.75 Å². The fourth-order valence-corrected chi connectivity index (χ4v) is 3.51. The van der Waals surface area contributed by atoms with Crippen LogP contribution in [0.3, 0.4) is 0 Å². The van der Waals surface area contributed by atoms with E-state index in [1.165, 1.54) is 0 Å². The fraction of sp³-hybridized carbons (Fsp3) is 0.526. The van der Waals surface area contributed by atoms with Crippen molar-refractivity contribution in [2.45, 2.75) is 45.6 Å². The van der Waals surface area contributed by atoms with Crippen molar-refractivity contribution in [2.24, 2.45) is 0 Å². The van der Waals surface area contributed by atoms with Gasteiger partial charge in [-0.1, -0.05) is 11.6 Å². The molecule has 0 radical (unpaired) electrons. The number of aromatic nitrogens is 2. The predicted molar refractivity (Wildman–Crippen MR) is 99.1 cm³/mol. The molecule has 3 rings (SSSR count). The summed E-state index contributed by atoms with van der Waals surface area (Å²) in [5, 5.41) is 0.745. The molecular weight excluding hydrogens is 338 g/mol. The van der Waals surface area contributed by atoms with Crippen molar-refractivity contribution in [1.29, 1.82) is 0 Å². The molecule has 0 saturated carbocycles. The number of imidazole rings is 1. The van der Waals surface area contributed by atoms with Crippen LogP contribution in [-0.4, -0.2) is 46.4 Å². The van der Waals surface area contributed by atoms with Crippen molar-refractivity contribution in [3.63, 3.8) is 0 Å². The molecule has 0 bridgehead atoms. The normalized spacial score (nSPS) is 21.4. The van der Waals surface area contributed by atoms with Gasteiger partial charge in [0.2, 0.25) is 0 Å². The highest BCUT2D eigenvalue weighted by molar-refractivity contribution is 6.30. The van der Waals surface area contributed by atoms with E-state index in [2.05, 4.69) is 28.3 Å². The van der Waals surface area contributed by atoms with Gasteiger partial charge in [0.25, 0.3) is 0 Å². The number of benzene rings is 1. The summed E-state index contributed by atoms with van der Waals surface area (Å²) in [6.07, 6.45) is 7.03. The van der Waals surface area contributed by atoms with Gasteiger partial charge in [-0.05, 0) is 38.5 Å². The zero-order valence-corrected chi connectivity index (χ0v) is 15.7. The average Bonchev–Trinajstić information content (AvgIpc) is 3.05. The topological polar surface area (TPSA) is 39.5 Å². The van der Waals surface area contributed by atoms with Gasteiger partial charge in [0.1, 0.15) is 5.75 Å². The zero-order valence-electron chi connectivity index (χ0n) is 14.9. The van der Waals surface area contributed by atoms with E-state index in [4.69, 9.17) is 21.1 Å². The molecule has 1 saturated heterocycles. The number of nitrogens with zero attached hydrogens (tertiary/aromatic N) is 3. The molecule has 1 aliphatic rings. The highest BCUT2D eigenvalue weighted by atomic mass is 35.5. The van der Waals surface area contributed by atoms with E-state index in [1.807, 2.05) is 30.7 Å². The van der Waals surface area contributed by atoms with E-state index in [-0.39, 0.29) is 12.2 Å². The maximum atomic E-state index is 6.21. The van der Waals surface area contributed by atoms with Crippen molar-refractivity contribution >= 4 is 11.6 Å². The molecule has 0 spiro atoms. The van der Waals surface area contributed by atoms with Crippen LogP contribution in [0.1, 0.15) is 25.8 Å². The van der Waals surface area contributed by atoms with Crippen molar-refractivity contribution in [1.82, 2.24) is 14.5 Å². The maximum Gasteiger partial charge on any atom is 0.123 e. The van der Waals surface area contributed by atoms with E-state index in [9.17, 15) is 0 Å². The van der Waals surface area contributed by atoms with Gasteiger partial charge in [-0.2, -0.15) is 0 Å². The van der Waals surface area contributed by atoms with Gasteiger partial charge in [-0.25, -0.2) is 4.98 Å². The summed E-state index contributed by atoms with van der Waals surface area (Å²) in [4.78, 5) is 6.46. The van der Waals surface area contributed by atoms with E-state index in [0.717, 1.165) is 48.9 Å². The van der Waals surface area contributed by atoms with Crippen LogP contribution >= 0.6 is 11.6 Å². The second-order valence-electron chi connectivity index (χ2n) is 6.71. The van der Waals surface area contributed by atoms with Crippen molar-refractivity contribution in [2.75, 3.05) is 19.7 Å². The van der Waals surface area contributed by atoms with Crippen LogP contribution in [-0.2, 0) is 17.8 Å². The zero-order chi connectivity index (χ0) is 17.6.